The topological polar surface area (TPSA) is 81.2 Å². The number of nitrogens with one attached hydrogen (secondary N) is 2. The summed E-state index contributed by atoms with van der Waals surface area (Å²) in [4.78, 5) is 15.3. The number of hydrogen-bond donors (Lipinski definition) is 2. The Morgan fingerprint density at radius 1 is 1.12 bits per heavy atom. The summed E-state index contributed by atoms with van der Waals surface area (Å²) in [5.74, 6) is -0.285. The highest BCUT2D eigenvalue weighted by molar-refractivity contribution is 6.03. The van der Waals surface area contributed by atoms with E-state index in [0.29, 0.717) is 24.6 Å². The minimum atomic E-state index is -4.39. The van der Waals surface area contributed by atoms with Gasteiger partial charge in [-0.2, -0.15) is 18.3 Å². The van der Waals surface area contributed by atoms with Gasteiger partial charge in [0, 0.05) is 36.0 Å². The molecule has 4 rings (SSSR count). The molecule has 0 bridgehead atoms. The molecule has 0 atom stereocenters. The molecule has 2 heterocycles. The highest BCUT2D eigenvalue weighted by Gasteiger charge is 2.30. The molecule has 2 aromatic heterocycles. The molecule has 2 N–H and O–H groups in total. The monoisotopic (exact) mass is 458 g/mol. The van der Waals surface area contributed by atoms with Crippen LogP contribution < -0.4 is 5.32 Å². The Kier molecular flexibility index (Phi) is 6.47. The zero-order valence-electron chi connectivity index (χ0n) is 17.6. The molecule has 4 aromatic rings. The Hall–Kier alpha value is -3.63. The second kappa shape index (κ2) is 9.47. The number of aromatic amines is 1. The van der Waals surface area contributed by atoms with Crippen LogP contribution in [0.25, 0.3) is 27.7 Å². The van der Waals surface area contributed by atoms with Crippen LogP contribution >= 0.6 is 0 Å². The number of methoxy groups -OCH3 is 1. The molecule has 33 heavy (non-hydrogen) atoms. The van der Waals surface area contributed by atoms with Gasteiger partial charge in [-0.25, -0.2) is 4.68 Å². The van der Waals surface area contributed by atoms with Crippen LogP contribution in [0.2, 0.25) is 0 Å². The van der Waals surface area contributed by atoms with Crippen LogP contribution in [0.3, 0.4) is 0 Å². The number of halogens is 3. The van der Waals surface area contributed by atoms with E-state index < -0.39 is 11.7 Å². The van der Waals surface area contributed by atoms with Crippen LogP contribution in [-0.2, 0) is 20.4 Å². The second-order valence-electron chi connectivity index (χ2n) is 7.27. The lowest BCUT2D eigenvalue weighted by atomic mass is 10.1. The summed E-state index contributed by atoms with van der Waals surface area (Å²) in [6, 6.07) is 10.5. The van der Waals surface area contributed by atoms with E-state index >= 15 is 0 Å². The van der Waals surface area contributed by atoms with Crippen molar-refractivity contribution in [1.82, 2.24) is 14.8 Å². The SMILES string of the molecule is COCCOCC(=O)Nc1c[nH]c2ccc(-c3cnn(-c4ccc(C(F)(F)F)cc4)c3)cc12. The zero-order valence-corrected chi connectivity index (χ0v) is 17.6. The number of carbonyl (C=O) groups is 1. The molecule has 7 nitrogen and oxygen atoms in total. The first-order valence-corrected chi connectivity index (χ1v) is 10.1. The molecule has 0 spiro atoms. The summed E-state index contributed by atoms with van der Waals surface area (Å²) in [5.41, 5.74) is 2.87. The van der Waals surface area contributed by atoms with Crippen molar-refractivity contribution in [1.29, 1.82) is 0 Å². The van der Waals surface area contributed by atoms with Crippen LogP contribution in [-0.4, -0.2) is 47.6 Å². The number of fused-ring (bicyclic) bond motifs is 1. The van der Waals surface area contributed by atoms with Gasteiger partial charge in [0.1, 0.15) is 6.61 Å². The summed E-state index contributed by atoms with van der Waals surface area (Å²) in [5, 5.41) is 7.90. The van der Waals surface area contributed by atoms with Crippen molar-refractivity contribution in [3.8, 4) is 16.8 Å². The van der Waals surface area contributed by atoms with Crippen LogP contribution in [0, 0.1) is 0 Å². The van der Waals surface area contributed by atoms with Crippen molar-refractivity contribution in [2.75, 3.05) is 32.2 Å². The number of amides is 1. The Labute approximate surface area is 187 Å². The minimum Gasteiger partial charge on any atom is -0.382 e. The molecular formula is C23H21F3N4O3. The molecule has 0 radical (unpaired) electrons. The van der Waals surface area contributed by atoms with Gasteiger partial charge in [-0.15, -0.1) is 0 Å². The zero-order chi connectivity index (χ0) is 23.4. The van der Waals surface area contributed by atoms with E-state index in [-0.39, 0.29) is 12.5 Å². The third kappa shape index (κ3) is 5.24. The third-order valence-corrected chi connectivity index (χ3v) is 5.00. The van der Waals surface area contributed by atoms with Crippen molar-refractivity contribution in [2.45, 2.75) is 6.18 Å². The van der Waals surface area contributed by atoms with E-state index in [4.69, 9.17) is 9.47 Å². The molecule has 0 saturated carbocycles. The normalized spacial score (nSPS) is 11.8. The fourth-order valence-electron chi connectivity index (χ4n) is 3.31. The Bertz CT molecular complexity index is 1250. The van der Waals surface area contributed by atoms with Crippen molar-refractivity contribution in [3.63, 3.8) is 0 Å². The standard InChI is InChI=1S/C23H21F3N4O3/c1-32-8-9-33-14-22(31)29-21-12-27-20-7-2-15(10-19(20)21)16-11-28-30(13-16)18-5-3-17(4-6-18)23(24,25)26/h2-7,10-13,27H,8-9,14H2,1H3,(H,29,31). The summed E-state index contributed by atoms with van der Waals surface area (Å²) < 4.78 is 50.0. The van der Waals surface area contributed by atoms with Crippen molar-refractivity contribution >= 4 is 22.5 Å². The highest BCUT2D eigenvalue weighted by Crippen LogP contribution is 2.31. The van der Waals surface area contributed by atoms with Gasteiger partial charge in [-0.05, 0) is 42.0 Å². The molecule has 10 heteroatoms. The van der Waals surface area contributed by atoms with Gasteiger partial charge in [-0.1, -0.05) is 6.07 Å². The van der Waals surface area contributed by atoms with Gasteiger partial charge >= 0.3 is 6.18 Å². The number of alkyl halides is 3. The van der Waals surface area contributed by atoms with E-state index in [1.54, 1.807) is 25.7 Å². The van der Waals surface area contributed by atoms with Gasteiger partial charge in [0.25, 0.3) is 0 Å². The Morgan fingerprint density at radius 3 is 2.64 bits per heavy atom. The number of benzene rings is 2. The first-order chi connectivity index (χ1) is 15.8. The molecule has 0 aliphatic carbocycles. The van der Waals surface area contributed by atoms with E-state index in [1.807, 2.05) is 18.2 Å². The number of ether oxygens (including phenoxy) is 2. The number of aromatic nitrogens is 3. The van der Waals surface area contributed by atoms with E-state index in [1.165, 1.54) is 16.8 Å². The number of anilines is 1. The fourth-order valence-corrected chi connectivity index (χ4v) is 3.31. The maximum Gasteiger partial charge on any atom is 0.416 e. The second-order valence-corrected chi connectivity index (χ2v) is 7.27. The van der Waals surface area contributed by atoms with Crippen LogP contribution in [0.5, 0.6) is 0 Å². The van der Waals surface area contributed by atoms with Gasteiger partial charge in [0.05, 0.1) is 36.3 Å². The molecule has 2 aromatic carbocycles. The van der Waals surface area contributed by atoms with E-state index in [9.17, 15) is 18.0 Å². The van der Waals surface area contributed by atoms with Crippen molar-refractivity contribution < 1.29 is 27.4 Å². The smallest absolute Gasteiger partial charge is 0.382 e. The summed E-state index contributed by atoms with van der Waals surface area (Å²) in [6.45, 7) is 0.643. The summed E-state index contributed by atoms with van der Waals surface area (Å²) >= 11 is 0. The quantitative estimate of drug-likeness (QED) is 0.377. The third-order valence-electron chi connectivity index (χ3n) is 5.00. The van der Waals surface area contributed by atoms with Gasteiger partial charge in [0.2, 0.25) is 5.91 Å². The predicted octanol–water partition coefficient (Wildman–Crippen LogP) is 4.64. The summed E-state index contributed by atoms with van der Waals surface area (Å²) in [6.07, 6.45) is 0.682. The van der Waals surface area contributed by atoms with Crippen LogP contribution in [0.4, 0.5) is 18.9 Å². The maximum absolute atomic E-state index is 12.8. The predicted molar refractivity (Wildman–Crippen MR) is 117 cm³/mol. The molecule has 0 unspecified atom stereocenters. The molecular weight excluding hydrogens is 437 g/mol. The number of H-pyrrole nitrogens is 1. The van der Waals surface area contributed by atoms with E-state index in [0.717, 1.165) is 34.2 Å². The first-order valence-electron chi connectivity index (χ1n) is 10.1. The van der Waals surface area contributed by atoms with Gasteiger partial charge in [-0.3, -0.25) is 4.79 Å². The highest BCUT2D eigenvalue weighted by atomic mass is 19.4. The average Bonchev–Trinajstić information content (AvgIpc) is 3.44. The van der Waals surface area contributed by atoms with E-state index in [2.05, 4.69) is 15.4 Å². The molecule has 172 valence electrons. The summed E-state index contributed by atoms with van der Waals surface area (Å²) in [7, 11) is 1.56. The maximum atomic E-state index is 12.8. The van der Waals surface area contributed by atoms with Gasteiger partial charge in [0.15, 0.2) is 0 Å². The first kappa shape index (κ1) is 22.6. The minimum absolute atomic E-state index is 0.0877. The lowest BCUT2D eigenvalue weighted by Crippen LogP contribution is -2.19. The average molecular weight is 458 g/mol. The lowest BCUT2D eigenvalue weighted by molar-refractivity contribution is -0.137. The van der Waals surface area contributed by atoms with Crippen molar-refractivity contribution in [3.05, 3.63) is 66.6 Å². The Morgan fingerprint density at radius 2 is 1.91 bits per heavy atom. The largest absolute Gasteiger partial charge is 0.416 e. The molecule has 0 aliphatic rings. The van der Waals surface area contributed by atoms with Crippen LogP contribution in [0.1, 0.15) is 5.56 Å². The number of carbonyl (C=O) groups excluding carboxylic acids is 1. The number of rotatable bonds is 8. The van der Waals surface area contributed by atoms with Gasteiger partial charge < -0.3 is 19.8 Å². The lowest BCUT2D eigenvalue weighted by Gasteiger charge is -2.07. The molecule has 1 amide bonds. The molecule has 0 saturated heterocycles. The van der Waals surface area contributed by atoms with Crippen LogP contribution in [0.15, 0.2) is 61.1 Å². The molecule has 0 aliphatic heterocycles. The number of nitrogens with zero attached hydrogens (tertiary/aromatic N) is 2. The fraction of sp³-hybridized carbons (Fsp3) is 0.217. The van der Waals surface area contributed by atoms with Crippen molar-refractivity contribution in [2.24, 2.45) is 0 Å². The Balaban J connectivity index is 1.52. The molecule has 0 fully saturated rings. The number of hydrogen-bond acceptors (Lipinski definition) is 4.